The number of hydrogen-bond acceptors (Lipinski definition) is 3. The van der Waals surface area contributed by atoms with Gasteiger partial charge in [-0.05, 0) is 19.2 Å². The van der Waals surface area contributed by atoms with Crippen molar-refractivity contribution in [2.24, 2.45) is 0 Å². The third-order valence-electron chi connectivity index (χ3n) is 4.28. The average Bonchev–Trinajstić information content (AvgIpc) is 2.43. The SMILES string of the molecule is CN1CC[N+](C)(CCOc2cccc(N(C)C)c2)CC1.[Br-]. The molecule has 0 saturated carbocycles. The predicted octanol–water partition coefficient (Wildman–Crippen LogP) is -1.47. The van der Waals surface area contributed by atoms with Gasteiger partial charge in [0.25, 0.3) is 0 Å². The van der Waals surface area contributed by atoms with Gasteiger partial charge >= 0.3 is 0 Å². The number of halogens is 1. The van der Waals surface area contributed by atoms with Crippen LogP contribution < -0.4 is 26.6 Å². The van der Waals surface area contributed by atoms with Crippen LogP contribution in [0.2, 0.25) is 0 Å². The molecule has 0 spiro atoms. The molecule has 4 nitrogen and oxygen atoms in total. The number of benzene rings is 1. The number of anilines is 1. The van der Waals surface area contributed by atoms with Crippen LogP contribution in [0.1, 0.15) is 0 Å². The molecule has 0 amide bonds. The van der Waals surface area contributed by atoms with E-state index in [0.29, 0.717) is 0 Å². The van der Waals surface area contributed by atoms with Gasteiger partial charge in [-0.15, -0.1) is 0 Å². The van der Waals surface area contributed by atoms with E-state index in [1.54, 1.807) is 0 Å². The van der Waals surface area contributed by atoms with Crippen molar-refractivity contribution in [3.8, 4) is 5.75 Å². The van der Waals surface area contributed by atoms with Gasteiger partial charge in [0, 0.05) is 38.9 Å². The fraction of sp³-hybridized carbons (Fsp3) is 0.625. The first-order valence-corrected chi connectivity index (χ1v) is 7.41. The molecule has 0 radical (unpaired) electrons. The van der Waals surface area contributed by atoms with Crippen LogP contribution in [0.4, 0.5) is 5.69 Å². The molecule has 0 aliphatic carbocycles. The first-order chi connectivity index (χ1) is 9.48. The Hall–Kier alpha value is -0.780. The van der Waals surface area contributed by atoms with E-state index in [0.717, 1.165) is 23.4 Å². The Labute approximate surface area is 139 Å². The highest BCUT2D eigenvalue weighted by molar-refractivity contribution is 5.49. The van der Waals surface area contributed by atoms with Gasteiger partial charge in [-0.25, -0.2) is 0 Å². The molecule has 1 aliphatic rings. The zero-order valence-electron chi connectivity index (χ0n) is 13.7. The minimum atomic E-state index is 0. The third kappa shape index (κ3) is 5.49. The molecule has 120 valence electrons. The van der Waals surface area contributed by atoms with Crippen molar-refractivity contribution in [1.29, 1.82) is 0 Å². The van der Waals surface area contributed by atoms with Gasteiger partial charge < -0.3 is 31.1 Å². The van der Waals surface area contributed by atoms with Gasteiger partial charge in [0.1, 0.15) is 18.9 Å². The molecule has 0 atom stereocenters. The van der Waals surface area contributed by atoms with Crippen molar-refractivity contribution in [1.82, 2.24) is 4.90 Å². The summed E-state index contributed by atoms with van der Waals surface area (Å²) in [5.41, 5.74) is 1.18. The number of hydrogen-bond donors (Lipinski definition) is 0. The Morgan fingerprint density at radius 1 is 1.24 bits per heavy atom. The molecule has 0 bridgehead atoms. The number of ether oxygens (including phenoxy) is 1. The van der Waals surface area contributed by atoms with Gasteiger partial charge in [-0.3, -0.25) is 4.90 Å². The number of nitrogens with zero attached hydrogens (tertiary/aromatic N) is 3. The van der Waals surface area contributed by atoms with E-state index in [1.165, 1.54) is 31.9 Å². The Kier molecular flexibility index (Phi) is 6.97. The second kappa shape index (κ2) is 8.01. The van der Waals surface area contributed by atoms with Crippen molar-refractivity contribution in [3.05, 3.63) is 24.3 Å². The van der Waals surface area contributed by atoms with E-state index in [1.807, 2.05) is 6.07 Å². The predicted molar refractivity (Wildman–Crippen MR) is 84.5 cm³/mol. The van der Waals surface area contributed by atoms with Crippen LogP contribution in [0.15, 0.2) is 24.3 Å². The minimum absolute atomic E-state index is 0. The first-order valence-electron chi connectivity index (χ1n) is 7.41. The molecule has 2 rings (SSSR count). The van der Waals surface area contributed by atoms with Gasteiger partial charge in [0.15, 0.2) is 0 Å². The summed E-state index contributed by atoms with van der Waals surface area (Å²) in [7, 11) is 8.64. The highest BCUT2D eigenvalue weighted by atomic mass is 79.9. The van der Waals surface area contributed by atoms with E-state index in [2.05, 4.69) is 56.2 Å². The molecular formula is C16H28BrN3O. The van der Waals surface area contributed by atoms with Crippen LogP contribution in [-0.2, 0) is 0 Å². The molecular weight excluding hydrogens is 330 g/mol. The molecule has 0 unspecified atom stereocenters. The standard InChI is InChI=1S/C16H28N3O.BrH/c1-17(2)15-6-5-7-16(14-15)20-13-12-19(4)10-8-18(3)9-11-19;/h5-7,14H,8-13H2,1-4H3;1H/q+1;/p-1. The van der Waals surface area contributed by atoms with Gasteiger partial charge in [-0.1, -0.05) is 6.07 Å². The van der Waals surface area contributed by atoms with Crippen LogP contribution in [-0.4, -0.2) is 76.9 Å². The second-order valence-electron chi connectivity index (χ2n) is 6.33. The molecule has 1 aromatic carbocycles. The summed E-state index contributed by atoms with van der Waals surface area (Å²) in [6, 6.07) is 8.29. The maximum Gasteiger partial charge on any atom is 0.137 e. The van der Waals surface area contributed by atoms with Crippen molar-refractivity contribution < 1.29 is 26.2 Å². The largest absolute Gasteiger partial charge is 1.00 e. The van der Waals surface area contributed by atoms with E-state index >= 15 is 0 Å². The summed E-state index contributed by atoms with van der Waals surface area (Å²) in [5, 5.41) is 0. The molecule has 1 heterocycles. The van der Waals surface area contributed by atoms with Crippen molar-refractivity contribution >= 4 is 5.69 Å². The zero-order chi connectivity index (χ0) is 14.6. The van der Waals surface area contributed by atoms with E-state index in [9.17, 15) is 0 Å². The monoisotopic (exact) mass is 357 g/mol. The quantitative estimate of drug-likeness (QED) is 0.598. The fourth-order valence-electron chi connectivity index (χ4n) is 2.51. The molecule has 1 saturated heterocycles. The van der Waals surface area contributed by atoms with E-state index < -0.39 is 0 Å². The fourth-order valence-corrected chi connectivity index (χ4v) is 2.51. The topological polar surface area (TPSA) is 15.7 Å². The van der Waals surface area contributed by atoms with Gasteiger partial charge in [0.05, 0.1) is 20.1 Å². The lowest BCUT2D eigenvalue weighted by molar-refractivity contribution is -0.913. The Morgan fingerprint density at radius 3 is 2.52 bits per heavy atom. The molecule has 1 aliphatic heterocycles. The van der Waals surface area contributed by atoms with Crippen LogP contribution in [0, 0.1) is 0 Å². The molecule has 0 aromatic heterocycles. The minimum Gasteiger partial charge on any atom is -1.00 e. The number of piperazine rings is 1. The molecule has 5 heteroatoms. The van der Waals surface area contributed by atoms with E-state index in [-0.39, 0.29) is 17.0 Å². The van der Waals surface area contributed by atoms with E-state index in [4.69, 9.17) is 4.74 Å². The summed E-state index contributed by atoms with van der Waals surface area (Å²) >= 11 is 0. The van der Waals surface area contributed by atoms with Gasteiger partial charge in [0.2, 0.25) is 0 Å². The third-order valence-corrected chi connectivity index (χ3v) is 4.28. The lowest BCUT2D eigenvalue weighted by Crippen LogP contribution is -3.00. The summed E-state index contributed by atoms with van der Waals surface area (Å²) in [6.45, 7) is 6.69. The summed E-state index contributed by atoms with van der Waals surface area (Å²) in [6.07, 6.45) is 0. The highest BCUT2D eigenvalue weighted by Crippen LogP contribution is 2.19. The van der Waals surface area contributed by atoms with Crippen molar-refractivity contribution in [2.75, 3.05) is 72.4 Å². The van der Waals surface area contributed by atoms with Crippen molar-refractivity contribution in [2.45, 2.75) is 0 Å². The average molecular weight is 358 g/mol. The molecule has 21 heavy (non-hydrogen) atoms. The van der Waals surface area contributed by atoms with Gasteiger partial charge in [-0.2, -0.15) is 0 Å². The Balaban J connectivity index is 0.00000220. The number of rotatable bonds is 5. The lowest BCUT2D eigenvalue weighted by Gasteiger charge is -2.40. The maximum absolute atomic E-state index is 5.94. The lowest BCUT2D eigenvalue weighted by atomic mass is 10.2. The second-order valence-corrected chi connectivity index (χ2v) is 6.33. The smallest absolute Gasteiger partial charge is 0.137 e. The number of likely N-dealkylation sites (N-methyl/N-ethyl adjacent to an activating group) is 2. The van der Waals surface area contributed by atoms with Crippen LogP contribution in [0.25, 0.3) is 0 Å². The molecule has 1 aromatic rings. The van der Waals surface area contributed by atoms with Crippen LogP contribution >= 0.6 is 0 Å². The summed E-state index contributed by atoms with van der Waals surface area (Å²) in [5.74, 6) is 0.969. The highest BCUT2D eigenvalue weighted by Gasteiger charge is 2.26. The molecule has 0 N–H and O–H groups in total. The maximum atomic E-state index is 5.94. The first kappa shape index (κ1) is 18.3. The normalized spacial score (nSPS) is 17.9. The Bertz CT molecular complexity index is 431. The molecule has 1 fully saturated rings. The zero-order valence-corrected chi connectivity index (χ0v) is 15.3. The van der Waals surface area contributed by atoms with Crippen LogP contribution in [0.5, 0.6) is 5.75 Å². The van der Waals surface area contributed by atoms with Crippen LogP contribution in [0.3, 0.4) is 0 Å². The summed E-state index contributed by atoms with van der Waals surface area (Å²) in [4.78, 5) is 4.50. The summed E-state index contributed by atoms with van der Waals surface area (Å²) < 4.78 is 7.06. The number of quaternary nitrogens is 1. The van der Waals surface area contributed by atoms with Crippen molar-refractivity contribution in [3.63, 3.8) is 0 Å². The Morgan fingerprint density at radius 2 is 1.90 bits per heavy atom.